The lowest BCUT2D eigenvalue weighted by atomic mass is 10.1. The molecule has 0 saturated heterocycles. The standard InChI is InChI=1S/C17H15ClN4O4/c1-26-7-6-20-15-5-3-11(8-16(15)22(24)25)17(23)21-13-4-2-12(10-19)14(18)9-13/h2-5,8-9,20H,6-7H2,1H3,(H,21,23). The number of halogens is 1. The number of nitrogens with zero attached hydrogens (tertiary/aromatic N) is 2. The first-order chi connectivity index (χ1) is 12.5. The van der Waals surface area contributed by atoms with Gasteiger partial charge in [-0.05, 0) is 30.3 Å². The molecule has 0 spiro atoms. The molecule has 1 amide bonds. The zero-order chi connectivity index (χ0) is 19.1. The van der Waals surface area contributed by atoms with E-state index in [1.54, 1.807) is 0 Å². The van der Waals surface area contributed by atoms with E-state index in [1.807, 2.05) is 6.07 Å². The minimum Gasteiger partial charge on any atom is -0.383 e. The number of carbonyl (C=O) groups is 1. The molecule has 0 fully saturated rings. The van der Waals surface area contributed by atoms with Gasteiger partial charge >= 0.3 is 0 Å². The summed E-state index contributed by atoms with van der Waals surface area (Å²) in [6, 6.07) is 10.5. The summed E-state index contributed by atoms with van der Waals surface area (Å²) >= 11 is 5.93. The summed E-state index contributed by atoms with van der Waals surface area (Å²) in [5.41, 5.74) is 0.863. The molecule has 0 aliphatic carbocycles. The molecule has 0 aromatic heterocycles. The Labute approximate surface area is 154 Å². The van der Waals surface area contributed by atoms with Crippen molar-refractivity contribution in [3.63, 3.8) is 0 Å². The Balaban J connectivity index is 2.20. The van der Waals surface area contributed by atoms with E-state index in [0.717, 1.165) is 0 Å². The van der Waals surface area contributed by atoms with Crippen LogP contribution in [0.15, 0.2) is 36.4 Å². The fourth-order valence-electron chi connectivity index (χ4n) is 2.15. The van der Waals surface area contributed by atoms with Gasteiger partial charge in [-0.2, -0.15) is 5.26 Å². The number of nitriles is 1. The van der Waals surface area contributed by atoms with Crippen molar-refractivity contribution in [3.8, 4) is 6.07 Å². The highest BCUT2D eigenvalue weighted by atomic mass is 35.5. The maximum absolute atomic E-state index is 12.3. The highest BCUT2D eigenvalue weighted by Gasteiger charge is 2.17. The predicted octanol–water partition coefficient (Wildman–Crippen LogP) is 3.43. The first-order valence-corrected chi connectivity index (χ1v) is 7.86. The molecule has 8 nitrogen and oxygen atoms in total. The maximum atomic E-state index is 12.3. The number of ether oxygens (including phenoxy) is 1. The molecule has 2 aromatic carbocycles. The SMILES string of the molecule is COCCNc1ccc(C(=O)Nc2ccc(C#N)c(Cl)c2)cc1[N+](=O)[O-]. The van der Waals surface area contributed by atoms with Crippen LogP contribution in [0.25, 0.3) is 0 Å². The zero-order valence-electron chi connectivity index (χ0n) is 13.8. The summed E-state index contributed by atoms with van der Waals surface area (Å²) in [6.45, 7) is 0.783. The summed E-state index contributed by atoms with van der Waals surface area (Å²) in [4.78, 5) is 23.0. The molecule has 0 atom stereocenters. The normalized spacial score (nSPS) is 10.0. The molecule has 9 heteroatoms. The number of amides is 1. The van der Waals surface area contributed by atoms with Crippen LogP contribution in [0.2, 0.25) is 5.02 Å². The van der Waals surface area contributed by atoms with E-state index >= 15 is 0 Å². The second kappa shape index (κ2) is 8.80. The fourth-order valence-corrected chi connectivity index (χ4v) is 2.37. The average Bonchev–Trinajstić information content (AvgIpc) is 2.62. The number of carbonyl (C=O) groups excluding carboxylic acids is 1. The molecule has 0 heterocycles. The smallest absolute Gasteiger partial charge is 0.293 e. The van der Waals surface area contributed by atoms with Crippen molar-refractivity contribution < 1.29 is 14.5 Å². The molecule has 0 saturated carbocycles. The molecule has 0 bridgehead atoms. The Morgan fingerprint density at radius 1 is 1.35 bits per heavy atom. The Bertz CT molecular complexity index is 880. The van der Waals surface area contributed by atoms with Gasteiger partial charge in [-0.15, -0.1) is 0 Å². The van der Waals surface area contributed by atoms with Crippen LogP contribution in [0.4, 0.5) is 17.1 Å². The molecule has 0 radical (unpaired) electrons. The number of anilines is 2. The summed E-state index contributed by atoms with van der Waals surface area (Å²) in [5, 5.41) is 25.8. The van der Waals surface area contributed by atoms with Gasteiger partial charge in [0.15, 0.2) is 0 Å². The van der Waals surface area contributed by atoms with Crippen LogP contribution in [0, 0.1) is 21.4 Å². The molecule has 2 N–H and O–H groups in total. The third kappa shape index (κ3) is 4.69. The summed E-state index contributed by atoms with van der Waals surface area (Å²) < 4.78 is 4.89. The van der Waals surface area contributed by atoms with Crippen LogP contribution < -0.4 is 10.6 Å². The monoisotopic (exact) mass is 374 g/mol. The Hall–Kier alpha value is -3.15. The highest BCUT2D eigenvalue weighted by molar-refractivity contribution is 6.32. The van der Waals surface area contributed by atoms with Crippen molar-refractivity contribution in [1.29, 1.82) is 5.26 Å². The lowest BCUT2D eigenvalue weighted by Crippen LogP contribution is -2.13. The van der Waals surface area contributed by atoms with Crippen LogP contribution in [0.3, 0.4) is 0 Å². The minimum atomic E-state index is -0.565. The Kier molecular flexibility index (Phi) is 6.49. The van der Waals surface area contributed by atoms with E-state index in [0.29, 0.717) is 24.5 Å². The minimum absolute atomic E-state index is 0.120. The summed E-state index contributed by atoms with van der Waals surface area (Å²) in [7, 11) is 1.53. The third-order valence-electron chi connectivity index (χ3n) is 3.43. The molecule has 0 aliphatic heterocycles. The fraction of sp³-hybridized carbons (Fsp3) is 0.176. The molecule has 2 rings (SSSR count). The zero-order valence-corrected chi connectivity index (χ0v) is 14.5. The van der Waals surface area contributed by atoms with E-state index in [2.05, 4.69) is 10.6 Å². The number of benzene rings is 2. The number of rotatable bonds is 7. The maximum Gasteiger partial charge on any atom is 0.293 e. The first kappa shape index (κ1) is 19.2. The van der Waals surface area contributed by atoms with Gasteiger partial charge in [-0.25, -0.2) is 0 Å². The van der Waals surface area contributed by atoms with Crippen molar-refractivity contribution in [3.05, 3.63) is 62.7 Å². The molecular formula is C17H15ClN4O4. The molecule has 2 aromatic rings. The lowest BCUT2D eigenvalue weighted by Gasteiger charge is -2.09. The molecule has 26 heavy (non-hydrogen) atoms. The Morgan fingerprint density at radius 2 is 2.12 bits per heavy atom. The van der Waals surface area contributed by atoms with Crippen LogP contribution >= 0.6 is 11.6 Å². The van der Waals surface area contributed by atoms with E-state index < -0.39 is 10.8 Å². The average molecular weight is 375 g/mol. The van der Waals surface area contributed by atoms with Gasteiger partial charge in [-0.3, -0.25) is 14.9 Å². The third-order valence-corrected chi connectivity index (χ3v) is 3.74. The van der Waals surface area contributed by atoms with Crippen LogP contribution in [0.5, 0.6) is 0 Å². The first-order valence-electron chi connectivity index (χ1n) is 7.48. The van der Waals surface area contributed by atoms with Crippen molar-refractivity contribution in [2.45, 2.75) is 0 Å². The number of nitro groups is 1. The number of nitro benzene ring substituents is 1. The molecule has 0 aliphatic rings. The van der Waals surface area contributed by atoms with Crippen molar-refractivity contribution in [2.75, 3.05) is 30.9 Å². The van der Waals surface area contributed by atoms with Crippen LogP contribution in [-0.4, -0.2) is 31.1 Å². The second-order valence-corrected chi connectivity index (χ2v) is 5.58. The van der Waals surface area contributed by atoms with Gasteiger partial charge in [0, 0.05) is 31.0 Å². The van der Waals surface area contributed by atoms with Gasteiger partial charge in [-0.1, -0.05) is 11.6 Å². The molecule has 0 unspecified atom stereocenters. The number of hydrogen-bond acceptors (Lipinski definition) is 6. The van der Waals surface area contributed by atoms with Gasteiger partial charge < -0.3 is 15.4 Å². The number of hydrogen-bond donors (Lipinski definition) is 2. The van der Waals surface area contributed by atoms with Crippen molar-refractivity contribution >= 4 is 34.6 Å². The second-order valence-electron chi connectivity index (χ2n) is 5.17. The largest absolute Gasteiger partial charge is 0.383 e. The predicted molar refractivity (Wildman–Crippen MR) is 97.6 cm³/mol. The van der Waals surface area contributed by atoms with E-state index in [9.17, 15) is 14.9 Å². The number of methoxy groups -OCH3 is 1. The summed E-state index contributed by atoms with van der Waals surface area (Å²) in [6.07, 6.45) is 0. The van der Waals surface area contributed by atoms with Gasteiger partial charge in [0.1, 0.15) is 11.8 Å². The molecule has 134 valence electrons. The van der Waals surface area contributed by atoms with E-state index in [1.165, 1.54) is 43.5 Å². The van der Waals surface area contributed by atoms with Crippen molar-refractivity contribution in [2.24, 2.45) is 0 Å². The van der Waals surface area contributed by atoms with E-state index in [4.69, 9.17) is 21.6 Å². The van der Waals surface area contributed by atoms with Crippen LogP contribution in [0.1, 0.15) is 15.9 Å². The van der Waals surface area contributed by atoms with Gasteiger partial charge in [0.2, 0.25) is 0 Å². The van der Waals surface area contributed by atoms with Gasteiger partial charge in [0.05, 0.1) is 22.1 Å². The van der Waals surface area contributed by atoms with Crippen LogP contribution in [-0.2, 0) is 4.74 Å². The van der Waals surface area contributed by atoms with Crippen molar-refractivity contribution in [1.82, 2.24) is 0 Å². The van der Waals surface area contributed by atoms with Gasteiger partial charge in [0.25, 0.3) is 11.6 Å². The topological polar surface area (TPSA) is 117 Å². The quantitative estimate of drug-likeness (QED) is 0.435. The number of nitrogens with one attached hydrogen (secondary N) is 2. The summed E-state index contributed by atoms with van der Waals surface area (Å²) in [5.74, 6) is -0.530. The highest BCUT2D eigenvalue weighted by Crippen LogP contribution is 2.26. The Morgan fingerprint density at radius 3 is 2.73 bits per heavy atom. The molecular weight excluding hydrogens is 360 g/mol. The lowest BCUT2D eigenvalue weighted by molar-refractivity contribution is -0.384. The van der Waals surface area contributed by atoms with E-state index in [-0.39, 0.29) is 21.8 Å².